The fourth-order valence-electron chi connectivity index (χ4n) is 4.56. The molecule has 0 radical (unpaired) electrons. The minimum absolute atomic E-state index is 0.0995. The second-order valence-corrected chi connectivity index (χ2v) is 9.08. The van der Waals surface area contributed by atoms with Crippen molar-refractivity contribution in [1.29, 1.82) is 0 Å². The monoisotopic (exact) mass is 485 g/mol. The van der Waals surface area contributed by atoms with E-state index in [4.69, 9.17) is 14.5 Å². The minimum Gasteiger partial charge on any atom is -0.353 e. The third kappa shape index (κ3) is 4.52. The van der Waals surface area contributed by atoms with Crippen LogP contribution in [0.2, 0.25) is 0 Å². The van der Waals surface area contributed by atoms with Crippen LogP contribution in [0.5, 0.6) is 0 Å². The minimum atomic E-state index is -0.114. The summed E-state index contributed by atoms with van der Waals surface area (Å²) in [6.07, 6.45) is 6.90. The summed E-state index contributed by atoms with van der Waals surface area (Å²) in [6, 6.07) is 13.1. The number of aromatic amines is 1. The molecule has 1 N–H and O–H groups in total. The Kier molecular flexibility index (Phi) is 6.04. The number of hydrogen-bond donors (Lipinski definition) is 1. The van der Waals surface area contributed by atoms with Crippen LogP contribution in [0.3, 0.4) is 0 Å². The molecule has 10 nitrogen and oxygen atoms in total. The number of nitrogens with one attached hydrogen (secondary N) is 1. The fourth-order valence-corrected chi connectivity index (χ4v) is 4.56. The summed E-state index contributed by atoms with van der Waals surface area (Å²) in [5.41, 5.74) is 4.88. The zero-order valence-electron chi connectivity index (χ0n) is 20.0. The highest BCUT2D eigenvalue weighted by Crippen LogP contribution is 2.26. The molecule has 0 bridgehead atoms. The summed E-state index contributed by atoms with van der Waals surface area (Å²) in [5, 5.41) is 14.1. The topological polar surface area (TPSA) is 113 Å². The fraction of sp³-hybridized carbons (Fsp3) is 0.346. The van der Waals surface area contributed by atoms with Crippen LogP contribution in [0.1, 0.15) is 37.8 Å². The van der Waals surface area contributed by atoms with Crippen molar-refractivity contribution in [2.45, 2.75) is 45.1 Å². The summed E-state index contributed by atoms with van der Waals surface area (Å²) < 4.78 is 15.1. The van der Waals surface area contributed by atoms with Crippen molar-refractivity contribution >= 4 is 22.1 Å². The molecule has 1 aliphatic rings. The van der Waals surface area contributed by atoms with E-state index in [1.807, 2.05) is 52.1 Å². The molecule has 1 saturated heterocycles. The van der Waals surface area contributed by atoms with Gasteiger partial charge in [-0.3, -0.25) is 9.48 Å². The van der Waals surface area contributed by atoms with E-state index in [1.54, 1.807) is 0 Å². The summed E-state index contributed by atoms with van der Waals surface area (Å²) in [6.45, 7) is 4.03. The van der Waals surface area contributed by atoms with Gasteiger partial charge in [0.05, 0.1) is 31.1 Å². The molecule has 0 saturated carbocycles. The maximum Gasteiger partial charge on any atom is 0.248 e. The van der Waals surface area contributed by atoms with Crippen LogP contribution >= 0.6 is 0 Å². The van der Waals surface area contributed by atoms with Gasteiger partial charge in [-0.2, -0.15) is 5.10 Å². The number of H-pyrrole nitrogens is 1. The van der Waals surface area contributed by atoms with Crippen LogP contribution in [0.4, 0.5) is 0 Å². The maximum absolute atomic E-state index is 11.6. The normalized spacial score (nSPS) is 17.1. The molecule has 6 rings (SSSR count). The molecule has 4 aromatic heterocycles. The van der Waals surface area contributed by atoms with Crippen molar-refractivity contribution in [2.75, 3.05) is 13.2 Å². The highest BCUT2D eigenvalue weighted by Gasteiger charge is 2.17. The average molecular weight is 486 g/mol. The molecule has 0 aliphatic carbocycles. The number of benzene rings is 1. The van der Waals surface area contributed by atoms with E-state index in [9.17, 15) is 4.79 Å². The lowest BCUT2D eigenvalue weighted by Crippen LogP contribution is -2.24. The molecule has 5 heterocycles. The first kappa shape index (κ1) is 22.6. The van der Waals surface area contributed by atoms with Gasteiger partial charge in [0.1, 0.15) is 5.52 Å². The molecule has 184 valence electrons. The SMILES string of the molecule is CC(c1ccc2[nH]c(=O)ccc2c1)n1nnc2ccc(-c3cnn(CCOC4CCCCO4)c3)nc21. The van der Waals surface area contributed by atoms with E-state index >= 15 is 0 Å². The van der Waals surface area contributed by atoms with Crippen molar-refractivity contribution in [1.82, 2.24) is 34.7 Å². The second kappa shape index (κ2) is 9.63. The first-order valence-electron chi connectivity index (χ1n) is 12.2. The number of nitrogens with zero attached hydrogens (tertiary/aromatic N) is 6. The first-order valence-corrected chi connectivity index (χ1v) is 12.2. The summed E-state index contributed by atoms with van der Waals surface area (Å²) in [7, 11) is 0. The van der Waals surface area contributed by atoms with Gasteiger partial charge >= 0.3 is 0 Å². The zero-order valence-corrected chi connectivity index (χ0v) is 20.0. The Morgan fingerprint density at radius 2 is 2.14 bits per heavy atom. The number of ether oxygens (including phenoxy) is 2. The van der Waals surface area contributed by atoms with Gasteiger partial charge in [-0.25, -0.2) is 9.67 Å². The Bertz CT molecular complexity index is 1560. The van der Waals surface area contributed by atoms with Gasteiger partial charge in [-0.15, -0.1) is 5.10 Å². The molecule has 2 atom stereocenters. The van der Waals surface area contributed by atoms with Crippen molar-refractivity contribution < 1.29 is 9.47 Å². The molecule has 1 aliphatic heterocycles. The molecule has 2 unspecified atom stereocenters. The van der Waals surface area contributed by atoms with Crippen LogP contribution in [-0.4, -0.2) is 54.2 Å². The molecule has 1 aromatic carbocycles. The average Bonchev–Trinajstić information content (AvgIpc) is 3.55. The van der Waals surface area contributed by atoms with Gasteiger partial charge in [0.25, 0.3) is 0 Å². The Labute approximate surface area is 206 Å². The van der Waals surface area contributed by atoms with Crippen LogP contribution < -0.4 is 5.56 Å². The lowest BCUT2D eigenvalue weighted by molar-refractivity contribution is -0.163. The number of rotatable bonds is 7. The Morgan fingerprint density at radius 3 is 3.03 bits per heavy atom. The van der Waals surface area contributed by atoms with Gasteiger partial charge in [0.2, 0.25) is 5.56 Å². The van der Waals surface area contributed by atoms with Gasteiger partial charge < -0.3 is 14.5 Å². The van der Waals surface area contributed by atoms with E-state index in [1.165, 1.54) is 6.07 Å². The summed E-state index contributed by atoms with van der Waals surface area (Å²) in [5.74, 6) is 0. The third-order valence-corrected chi connectivity index (χ3v) is 6.61. The molecule has 0 spiro atoms. The van der Waals surface area contributed by atoms with Gasteiger partial charge in [0.15, 0.2) is 11.9 Å². The molecular formula is C26H27N7O3. The van der Waals surface area contributed by atoms with Crippen LogP contribution in [0.25, 0.3) is 33.3 Å². The van der Waals surface area contributed by atoms with Crippen molar-refractivity contribution in [2.24, 2.45) is 0 Å². The molecular weight excluding hydrogens is 458 g/mol. The molecule has 36 heavy (non-hydrogen) atoms. The number of fused-ring (bicyclic) bond motifs is 2. The third-order valence-electron chi connectivity index (χ3n) is 6.61. The van der Waals surface area contributed by atoms with Gasteiger partial charge in [0, 0.05) is 30.0 Å². The first-order chi connectivity index (χ1) is 17.6. The van der Waals surface area contributed by atoms with Crippen LogP contribution in [0.15, 0.2) is 59.7 Å². The lowest BCUT2D eigenvalue weighted by Gasteiger charge is -2.22. The molecule has 0 amide bonds. The van der Waals surface area contributed by atoms with E-state index in [0.717, 1.165) is 59.1 Å². The van der Waals surface area contributed by atoms with E-state index < -0.39 is 0 Å². The van der Waals surface area contributed by atoms with Gasteiger partial charge in [-0.05, 0) is 67.5 Å². The lowest BCUT2D eigenvalue weighted by atomic mass is 10.1. The number of aromatic nitrogens is 7. The summed E-state index contributed by atoms with van der Waals surface area (Å²) >= 11 is 0. The zero-order chi connectivity index (χ0) is 24.5. The molecule has 5 aromatic rings. The van der Waals surface area contributed by atoms with Gasteiger partial charge in [-0.1, -0.05) is 11.3 Å². The standard InChI is InChI=1S/C26H27N7O3/c1-17(18-5-7-21-19(14-18)6-10-24(34)28-21)33-26-23(30-31-33)9-8-22(29-26)20-15-27-32(16-20)11-13-36-25-4-2-3-12-35-25/h5-10,14-17,25H,2-4,11-13H2,1H3,(H,28,34). The Morgan fingerprint density at radius 1 is 1.19 bits per heavy atom. The van der Waals surface area contributed by atoms with Crippen molar-refractivity contribution in [3.8, 4) is 11.3 Å². The summed E-state index contributed by atoms with van der Waals surface area (Å²) in [4.78, 5) is 19.3. The van der Waals surface area contributed by atoms with Crippen molar-refractivity contribution in [3.63, 3.8) is 0 Å². The maximum atomic E-state index is 11.6. The second-order valence-electron chi connectivity index (χ2n) is 9.08. The van der Waals surface area contributed by atoms with Crippen LogP contribution in [-0.2, 0) is 16.0 Å². The highest BCUT2D eigenvalue weighted by molar-refractivity contribution is 5.79. The molecule has 10 heteroatoms. The number of pyridine rings is 2. The van der Waals surface area contributed by atoms with E-state index in [2.05, 4.69) is 33.4 Å². The predicted octanol–water partition coefficient (Wildman–Crippen LogP) is 3.68. The Balaban J connectivity index is 1.21. The smallest absolute Gasteiger partial charge is 0.248 e. The quantitative estimate of drug-likeness (QED) is 0.374. The predicted molar refractivity (Wildman–Crippen MR) is 134 cm³/mol. The van der Waals surface area contributed by atoms with Crippen LogP contribution in [0, 0.1) is 0 Å². The number of hydrogen-bond acceptors (Lipinski definition) is 7. The highest BCUT2D eigenvalue weighted by atomic mass is 16.7. The largest absolute Gasteiger partial charge is 0.353 e. The molecule has 1 fully saturated rings. The van der Waals surface area contributed by atoms with E-state index in [-0.39, 0.29) is 17.9 Å². The van der Waals surface area contributed by atoms with E-state index in [0.29, 0.717) is 18.8 Å². The Hall–Kier alpha value is -3.89. The van der Waals surface area contributed by atoms with Crippen molar-refractivity contribution in [3.05, 3.63) is 70.8 Å².